The summed E-state index contributed by atoms with van der Waals surface area (Å²) in [6.07, 6.45) is 0.481. The Morgan fingerprint density at radius 3 is 2.61 bits per heavy atom. The molecule has 4 rings (SSSR count). The van der Waals surface area contributed by atoms with Crippen LogP contribution in [0.5, 0.6) is 0 Å². The Balaban J connectivity index is 1.88. The molecule has 3 N–H and O–H groups in total. The van der Waals surface area contributed by atoms with Gasteiger partial charge in [-0.3, -0.25) is 14.4 Å². The van der Waals surface area contributed by atoms with Crippen LogP contribution in [0.1, 0.15) is 51.2 Å². The second-order valence-electron chi connectivity index (χ2n) is 7.43. The molecule has 0 spiro atoms. The molecule has 0 bridgehead atoms. The molecule has 3 heterocycles. The van der Waals surface area contributed by atoms with Crippen molar-refractivity contribution in [3.63, 3.8) is 0 Å². The van der Waals surface area contributed by atoms with Gasteiger partial charge in [-0.15, -0.1) is 21.5 Å². The maximum atomic E-state index is 11.6. The van der Waals surface area contributed by atoms with Crippen LogP contribution in [0.3, 0.4) is 0 Å². The Bertz CT molecular complexity index is 1240. The van der Waals surface area contributed by atoms with E-state index in [2.05, 4.69) is 35.9 Å². The van der Waals surface area contributed by atoms with E-state index in [0.29, 0.717) is 18.8 Å². The minimum absolute atomic E-state index is 0.151. The van der Waals surface area contributed by atoms with Crippen LogP contribution >= 0.6 is 11.3 Å². The fraction of sp³-hybridized carbons (Fsp3) is 0.304. The lowest BCUT2D eigenvalue weighted by atomic mass is 9.98. The summed E-state index contributed by atoms with van der Waals surface area (Å²) in [7, 11) is 0. The highest BCUT2D eigenvalue weighted by Crippen LogP contribution is 2.39. The molecule has 31 heavy (non-hydrogen) atoms. The summed E-state index contributed by atoms with van der Waals surface area (Å²) in [5.41, 5.74) is 10.4. The standard InChI is InChI=1S/C23H23N5O2S/c1-13-14(2)31-23-20(13)21(17-9-7-16(8-10-17)6-4-5-11-24)25-18(12-19(29)30)22-27-26-15(3)28(22)23/h7-10,18H,6,11-12,24H2,1-3H3,(H,29,30)/t18-/m0/s1. The molecule has 1 atom stereocenters. The number of aromatic nitrogens is 3. The lowest BCUT2D eigenvalue weighted by Crippen LogP contribution is -2.10. The second kappa shape index (κ2) is 8.46. The van der Waals surface area contributed by atoms with Crippen molar-refractivity contribution in [3.05, 3.63) is 63.0 Å². The summed E-state index contributed by atoms with van der Waals surface area (Å²) in [6.45, 7) is 6.39. The quantitative estimate of drug-likeness (QED) is 0.615. The molecule has 0 saturated carbocycles. The molecule has 0 unspecified atom stereocenters. The van der Waals surface area contributed by atoms with Gasteiger partial charge in [0.1, 0.15) is 16.9 Å². The fourth-order valence-corrected chi connectivity index (χ4v) is 4.92. The smallest absolute Gasteiger partial charge is 0.306 e. The minimum Gasteiger partial charge on any atom is -0.481 e. The Morgan fingerprint density at radius 1 is 1.19 bits per heavy atom. The van der Waals surface area contributed by atoms with Crippen LogP contribution < -0.4 is 5.73 Å². The van der Waals surface area contributed by atoms with Crippen molar-refractivity contribution in [2.75, 3.05) is 6.54 Å². The van der Waals surface area contributed by atoms with Crippen LogP contribution in [0, 0.1) is 32.6 Å². The zero-order chi connectivity index (χ0) is 22.1. The van der Waals surface area contributed by atoms with Crippen molar-refractivity contribution in [1.29, 1.82) is 0 Å². The van der Waals surface area contributed by atoms with Crippen molar-refractivity contribution < 1.29 is 9.90 Å². The third kappa shape index (κ3) is 3.90. The molecule has 1 aliphatic heterocycles. The maximum Gasteiger partial charge on any atom is 0.306 e. The first-order valence-electron chi connectivity index (χ1n) is 9.98. The molecule has 1 aromatic carbocycles. The molecule has 0 aliphatic carbocycles. The lowest BCUT2D eigenvalue weighted by molar-refractivity contribution is -0.137. The zero-order valence-corrected chi connectivity index (χ0v) is 18.5. The molecular formula is C23H23N5O2S. The zero-order valence-electron chi connectivity index (χ0n) is 17.6. The van der Waals surface area contributed by atoms with Gasteiger partial charge < -0.3 is 10.8 Å². The lowest BCUT2D eigenvalue weighted by Gasteiger charge is -2.11. The average molecular weight is 434 g/mol. The number of hydrogen-bond acceptors (Lipinski definition) is 6. The second-order valence-corrected chi connectivity index (χ2v) is 8.63. The van der Waals surface area contributed by atoms with Crippen molar-refractivity contribution >= 4 is 23.0 Å². The summed E-state index contributed by atoms with van der Waals surface area (Å²) in [6, 6.07) is 7.47. The van der Waals surface area contributed by atoms with Crippen molar-refractivity contribution in [2.24, 2.45) is 10.7 Å². The fourth-order valence-electron chi connectivity index (χ4n) is 3.71. The molecule has 1 aliphatic rings. The van der Waals surface area contributed by atoms with Gasteiger partial charge in [-0.25, -0.2) is 0 Å². The van der Waals surface area contributed by atoms with E-state index in [0.717, 1.165) is 38.8 Å². The number of nitrogens with zero attached hydrogens (tertiary/aromatic N) is 4. The summed E-state index contributed by atoms with van der Waals surface area (Å²) < 4.78 is 1.96. The van der Waals surface area contributed by atoms with E-state index >= 15 is 0 Å². The molecule has 3 aromatic rings. The number of hydrogen-bond donors (Lipinski definition) is 2. The van der Waals surface area contributed by atoms with Gasteiger partial charge >= 0.3 is 5.97 Å². The van der Waals surface area contributed by atoms with Crippen LogP contribution in [0.2, 0.25) is 0 Å². The van der Waals surface area contributed by atoms with Crippen molar-refractivity contribution in [3.8, 4) is 16.8 Å². The number of aliphatic imine (C=N–C) groups is 1. The molecule has 2 aromatic heterocycles. The normalized spacial score (nSPS) is 14.7. The summed E-state index contributed by atoms with van der Waals surface area (Å²) in [5.74, 6) is 6.28. The minimum atomic E-state index is -0.924. The number of carboxylic acids is 1. The average Bonchev–Trinajstić information content (AvgIpc) is 3.21. The molecule has 158 valence electrons. The van der Waals surface area contributed by atoms with E-state index < -0.39 is 12.0 Å². The number of carboxylic acid groups (broad SMARTS) is 1. The topological polar surface area (TPSA) is 106 Å². The summed E-state index contributed by atoms with van der Waals surface area (Å²) in [4.78, 5) is 17.7. The van der Waals surface area contributed by atoms with Crippen LogP contribution in [0.15, 0.2) is 29.3 Å². The monoisotopic (exact) mass is 433 g/mol. The Hall–Kier alpha value is -3.28. The molecule has 7 nitrogen and oxygen atoms in total. The van der Waals surface area contributed by atoms with Crippen LogP contribution in [-0.2, 0) is 11.2 Å². The highest BCUT2D eigenvalue weighted by Gasteiger charge is 2.32. The molecular weight excluding hydrogens is 410 g/mol. The van der Waals surface area contributed by atoms with Crippen molar-refractivity contribution in [1.82, 2.24) is 14.8 Å². The van der Waals surface area contributed by atoms with Gasteiger partial charge in [-0.05, 0) is 31.9 Å². The third-order valence-electron chi connectivity index (χ3n) is 5.35. The summed E-state index contributed by atoms with van der Waals surface area (Å²) >= 11 is 1.65. The predicted molar refractivity (Wildman–Crippen MR) is 121 cm³/mol. The van der Waals surface area contributed by atoms with E-state index in [1.807, 2.05) is 35.8 Å². The summed E-state index contributed by atoms with van der Waals surface area (Å²) in [5, 5.41) is 19.0. The number of carbonyl (C=O) groups is 1. The Morgan fingerprint density at radius 2 is 1.94 bits per heavy atom. The SMILES string of the molecule is Cc1sc2c(c1C)C(c1ccc(CC#CCN)cc1)=N[C@@H](CC(=O)O)c1nnc(C)n1-2. The number of rotatable bonds is 4. The third-order valence-corrected chi connectivity index (χ3v) is 6.55. The first-order chi connectivity index (χ1) is 14.9. The van der Waals surface area contributed by atoms with E-state index in [9.17, 15) is 9.90 Å². The van der Waals surface area contributed by atoms with E-state index in [-0.39, 0.29) is 6.42 Å². The number of fused-ring (bicyclic) bond motifs is 3. The van der Waals surface area contributed by atoms with Crippen LogP contribution in [0.25, 0.3) is 5.00 Å². The van der Waals surface area contributed by atoms with Gasteiger partial charge in [0.25, 0.3) is 0 Å². The van der Waals surface area contributed by atoms with Gasteiger partial charge in [0.2, 0.25) is 0 Å². The Kier molecular flexibility index (Phi) is 5.72. The van der Waals surface area contributed by atoms with E-state index in [4.69, 9.17) is 10.7 Å². The first kappa shape index (κ1) is 21.0. The number of aliphatic carboxylic acids is 1. The molecule has 0 saturated heterocycles. The van der Waals surface area contributed by atoms with E-state index in [1.165, 1.54) is 4.88 Å². The highest BCUT2D eigenvalue weighted by atomic mass is 32.1. The number of aryl methyl sites for hydroxylation is 2. The van der Waals surface area contributed by atoms with Gasteiger partial charge in [0.15, 0.2) is 5.82 Å². The van der Waals surface area contributed by atoms with E-state index in [1.54, 1.807) is 11.3 Å². The van der Waals surface area contributed by atoms with Crippen molar-refractivity contribution in [2.45, 2.75) is 39.7 Å². The number of thiophene rings is 1. The van der Waals surface area contributed by atoms with Gasteiger partial charge in [-0.2, -0.15) is 0 Å². The molecule has 0 fully saturated rings. The highest BCUT2D eigenvalue weighted by molar-refractivity contribution is 7.15. The number of nitrogens with two attached hydrogens (primary N) is 1. The first-order valence-corrected chi connectivity index (χ1v) is 10.8. The molecule has 0 radical (unpaired) electrons. The largest absolute Gasteiger partial charge is 0.481 e. The number of benzene rings is 1. The Labute approximate surface area is 184 Å². The maximum absolute atomic E-state index is 11.6. The molecule has 8 heteroatoms. The van der Waals surface area contributed by atoms with Crippen LogP contribution in [-0.4, -0.2) is 38.1 Å². The van der Waals surface area contributed by atoms with Gasteiger partial charge in [0.05, 0.1) is 18.7 Å². The van der Waals surface area contributed by atoms with Gasteiger partial charge in [0, 0.05) is 22.4 Å². The predicted octanol–water partition coefficient (Wildman–Crippen LogP) is 3.13. The molecule has 0 amide bonds. The van der Waals surface area contributed by atoms with Crippen LogP contribution in [0.4, 0.5) is 0 Å². The van der Waals surface area contributed by atoms with Gasteiger partial charge in [-0.1, -0.05) is 36.1 Å².